The summed E-state index contributed by atoms with van der Waals surface area (Å²) in [5.74, 6) is 0. The topological polar surface area (TPSA) is 32.3 Å². The third-order valence-corrected chi connectivity index (χ3v) is 0.427. The Kier molecular flexibility index (Phi) is 4.12. The van der Waals surface area contributed by atoms with E-state index in [2.05, 4.69) is 5.32 Å². The summed E-state index contributed by atoms with van der Waals surface area (Å²) in [4.78, 5) is 0. The zero-order valence-corrected chi connectivity index (χ0v) is 3.81. The molecule has 0 aromatic rings. The summed E-state index contributed by atoms with van der Waals surface area (Å²) in [6.07, 6.45) is 2.65. The summed E-state index contributed by atoms with van der Waals surface area (Å²) in [6.45, 7) is 0.733. The van der Waals surface area contributed by atoms with Gasteiger partial charge in [0.15, 0.2) is 0 Å². The van der Waals surface area contributed by atoms with E-state index in [0.29, 0.717) is 0 Å². The second-order valence-corrected chi connectivity index (χ2v) is 0.942. The van der Waals surface area contributed by atoms with Crippen LogP contribution in [0.3, 0.4) is 0 Å². The highest BCUT2D eigenvalue weighted by atomic mass is 16.2. The molecule has 0 aliphatic carbocycles. The number of hydrogen-bond donors (Lipinski definition) is 2. The maximum atomic E-state index is 7.98. The average molecular weight is 87.1 g/mol. The largest absolute Gasteiger partial charge is 0.516 e. The van der Waals surface area contributed by atoms with Crippen molar-refractivity contribution in [2.75, 3.05) is 13.6 Å². The quantitative estimate of drug-likeness (QED) is 0.474. The number of rotatable bonds is 2. The first-order chi connectivity index (χ1) is 2.91. The minimum atomic E-state index is 0.733. The third-order valence-electron chi connectivity index (χ3n) is 0.427. The Bertz CT molecular complexity index is 42.8. The Balaban J connectivity index is 2.66. The van der Waals surface area contributed by atoms with E-state index in [1.807, 2.05) is 7.05 Å². The lowest BCUT2D eigenvalue weighted by Gasteiger charge is -1.81. The molecule has 0 fully saturated rings. The summed E-state index contributed by atoms with van der Waals surface area (Å²) in [5.41, 5.74) is 0. The molecule has 0 saturated heterocycles. The van der Waals surface area contributed by atoms with Gasteiger partial charge in [-0.3, -0.25) is 0 Å². The van der Waals surface area contributed by atoms with Gasteiger partial charge in [0.25, 0.3) is 0 Å². The fourth-order valence-corrected chi connectivity index (χ4v) is 0.171. The lowest BCUT2D eigenvalue weighted by Crippen LogP contribution is -2.03. The molecule has 0 bridgehead atoms. The monoisotopic (exact) mass is 87.1 g/mol. The van der Waals surface area contributed by atoms with Gasteiger partial charge in [0.1, 0.15) is 0 Å². The SMILES string of the molecule is CNC/C=C/O. The Labute approximate surface area is 37.5 Å². The summed E-state index contributed by atoms with van der Waals surface area (Å²) in [7, 11) is 1.82. The van der Waals surface area contributed by atoms with Crippen molar-refractivity contribution in [1.82, 2.24) is 5.32 Å². The molecule has 0 amide bonds. The van der Waals surface area contributed by atoms with Gasteiger partial charge in [-0.25, -0.2) is 0 Å². The Morgan fingerprint density at radius 1 is 1.83 bits per heavy atom. The molecule has 0 saturated carbocycles. The second kappa shape index (κ2) is 4.50. The molecule has 0 aliphatic heterocycles. The van der Waals surface area contributed by atoms with Crippen LogP contribution in [-0.4, -0.2) is 18.7 Å². The molecule has 0 aliphatic rings. The first-order valence-electron chi connectivity index (χ1n) is 1.85. The Hall–Kier alpha value is -0.500. The normalized spacial score (nSPS) is 10.2. The van der Waals surface area contributed by atoms with Crippen molar-refractivity contribution in [3.8, 4) is 0 Å². The first kappa shape index (κ1) is 5.50. The van der Waals surface area contributed by atoms with Gasteiger partial charge in [0.05, 0.1) is 6.26 Å². The fourth-order valence-electron chi connectivity index (χ4n) is 0.171. The van der Waals surface area contributed by atoms with Crippen LogP contribution in [-0.2, 0) is 0 Å². The fraction of sp³-hybridized carbons (Fsp3) is 0.500. The number of aliphatic hydroxyl groups excluding tert-OH is 1. The highest BCUT2D eigenvalue weighted by Gasteiger charge is 1.62. The number of likely N-dealkylation sites (N-methyl/N-ethyl adjacent to an activating group) is 1. The van der Waals surface area contributed by atoms with E-state index in [1.165, 1.54) is 0 Å². The molecule has 6 heavy (non-hydrogen) atoms. The smallest absolute Gasteiger partial charge is 0.0764 e. The molecule has 2 heteroatoms. The summed E-state index contributed by atoms with van der Waals surface area (Å²) in [5, 5.41) is 10.8. The number of aliphatic hydroxyl groups is 1. The number of hydrogen-bond acceptors (Lipinski definition) is 2. The van der Waals surface area contributed by atoms with E-state index < -0.39 is 0 Å². The van der Waals surface area contributed by atoms with Crippen molar-refractivity contribution in [3.05, 3.63) is 12.3 Å². The van der Waals surface area contributed by atoms with Crippen LogP contribution in [0.4, 0.5) is 0 Å². The van der Waals surface area contributed by atoms with Crippen LogP contribution >= 0.6 is 0 Å². The van der Waals surface area contributed by atoms with Crippen LogP contribution in [0.1, 0.15) is 0 Å². The third kappa shape index (κ3) is 3.50. The van der Waals surface area contributed by atoms with Gasteiger partial charge < -0.3 is 10.4 Å². The molecule has 0 aromatic carbocycles. The van der Waals surface area contributed by atoms with Crippen molar-refractivity contribution in [1.29, 1.82) is 0 Å². The zero-order valence-electron chi connectivity index (χ0n) is 3.81. The maximum absolute atomic E-state index is 7.98. The Morgan fingerprint density at radius 3 is 2.67 bits per heavy atom. The average Bonchev–Trinajstić information content (AvgIpc) is 1.61. The van der Waals surface area contributed by atoms with E-state index in [1.54, 1.807) is 6.08 Å². The van der Waals surface area contributed by atoms with Crippen molar-refractivity contribution in [2.24, 2.45) is 0 Å². The highest BCUT2D eigenvalue weighted by Crippen LogP contribution is 1.57. The van der Waals surface area contributed by atoms with Crippen molar-refractivity contribution < 1.29 is 5.11 Å². The van der Waals surface area contributed by atoms with Gasteiger partial charge in [-0.15, -0.1) is 0 Å². The lowest BCUT2D eigenvalue weighted by atomic mass is 10.6. The van der Waals surface area contributed by atoms with Gasteiger partial charge in [0.2, 0.25) is 0 Å². The molecular formula is C4H9NO. The summed E-state index contributed by atoms with van der Waals surface area (Å²) in [6, 6.07) is 0. The first-order valence-corrected chi connectivity index (χ1v) is 1.85. The molecule has 0 rings (SSSR count). The van der Waals surface area contributed by atoms with Crippen LogP contribution in [0.15, 0.2) is 12.3 Å². The minimum absolute atomic E-state index is 0.733. The van der Waals surface area contributed by atoms with Gasteiger partial charge in [-0.05, 0) is 13.1 Å². The molecule has 0 spiro atoms. The van der Waals surface area contributed by atoms with E-state index in [0.717, 1.165) is 12.8 Å². The standard InChI is InChI=1S/C4H9NO/c1-5-3-2-4-6/h2,4-6H,3H2,1H3/b4-2+. The molecule has 36 valence electrons. The van der Waals surface area contributed by atoms with Gasteiger partial charge in [0, 0.05) is 6.54 Å². The van der Waals surface area contributed by atoms with E-state index >= 15 is 0 Å². The lowest BCUT2D eigenvalue weighted by molar-refractivity contribution is 0.471. The molecule has 0 heterocycles. The minimum Gasteiger partial charge on any atom is -0.516 e. The molecule has 0 unspecified atom stereocenters. The molecular weight excluding hydrogens is 78.0 g/mol. The van der Waals surface area contributed by atoms with Crippen LogP contribution in [0.25, 0.3) is 0 Å². The van der Waals surface area contributed by atoms with Gasteiger partial charge in [-0.2, -0.15) is 0 Å². The van der Waals surface area contributed by atoms with Crippen LogP contribution in [0, 0.1) is 0 Å². The summed E-state index contributed by atoms with van der Waals surface area (Å²) >= 11 is 0. The maximum Gasteiger partial charge on any atom is 0.0764 e. The van der Waals surface area contributed by atoms with Crippen molar-refractivity contribution in [2.45, 2.75) is 0 Å². The summed E-state index contributed by atoms with van der Waals surface area (Å²) < 4.78 is 0. The van der Waals surface area contributed by atoms with Crippen molar-refractivity contribution >= 4 is 0 Å². The Morgan fingerprint density at radius 2 is 2.50 bits per heavy atom. The van der Waals surface area contributed by atoms with Crippen LogP contribution in [0.2, 0.25) is 0 Å². The predicted molar refractivity (Wildman–Crippen MR) is 25.7 cm³/mol. The van der Waals surface area contributed by atoms with Crippen LogP contribution < -0.4 is 5.32 Å². The molecule has 0 atom stereocenters. The van der Waals surface area contributed by atoms with Gasteiger partial charge in [-0.1, -0.05) is 0 Å². The van der Waals surface area contributed by atoms with Gasteiger partial charge >= 0.3 is 0 Å². The molecule has 2 N–H and O–H groups in total. The van der Waals surface area contributed by atoms with E-state index in [4.69, 9.17) is 5.11 Å². The number of nitrogens with one attached hydrogen (secondary N) is 1. The highest BCUT2D eigenvalue weighted by molar-refractivity contribution is 4.72. The molecule has 0 radical (unpaired) electrons. The predicted octanol–water partition coefficient (Wildman–Crippen LogP) is 0.278. The molecule has 0 aromatic heterocycles. The molecule has 2 nitrogen and oxygen atoms in total. The van der Waals surface area contributed by atoms with E-state index in [9.17, 15) is 0 Å². The van der Waals surface area contributed by atoms with Crippen molar-refractivity contribution in [3.63, 3.8) is 0 Å². The zero-order chi connectivity index (χ0) is 4.83. The second-order valence-electron chi connectivity index (χ2n) is 0.942. The van der Waals surface area contributed by atoms with E-state index in [-0.39, 0.29) is 0 Å². The van der Waals surface area contributed by atoms with Crippen LogP contribution in [0.5, 0.6) is 0 Å².